The molecule has 1 atom stereocenters. The van der Waals surface area contributed by atoms with Crippen LogP contribution in [0, 0.1) is 11.3 Å². The molecule has 3 aromatic rings. The van der Waals surface area contributed by atoms with E-state index in [1.54, 1.807) is 13.1 Å². The van der Waals surface area contributed by atoms with Crippen molar-refractivity contribution in [1.82, 2.24) is 14.1 Å². The van der Waals surface area contributed by atoms with Crippen molar-refractivity contribution in [3.05, 3.63) is 62.8 Å². The summed E-state index contributed by atoms with van der Waals surface area (Å²) < 4.78 is 2.59. The van der Waals surface area contributed by atoms with E-state index in [2.05, 4.69) is 16.4 Å². The minimum Gasteiger partial charge on any atom is -0.365 e. The van der Waals surface area contributed by atoms with Crippen molar-refractivity contribution in [2.24, 2.45) is 14.1 Å². The number of benzene rings is 1. The molecule has 28 heavy (non-hydrogen) atoms. The first-order valence-electron chi connectivity index (χ1n) is 9.06. The van der Waals surface area contributed by atoms with E-state index in [1.807, 2.05) is 29.2 Å². The lowest BCUT2D eigenvalue weighted by atomic mass is 10.1. The Morgan fingerprint density at radius 1 is 1.18 bits per heavy atom. The van der Waals surface area contributed by atoms with Gasteiger partial charge in [-0.05, 0) is 18.6 Å². The lowest BCUT2D eigenvalue weighted by Crippen LogP contribution is -2.40. The van der Waals surface area contributed by atoms with E-state index in [1.165, 1.54) is 17.7 Å². The SMILES string of the molecule is Cn1c(N2CC[C@@H](Nc3cc(C#N)c4ccccc4n3)C2)cc(=O)n(C)c1=O. The maximum absolute atomic E-state index is 12.2. The highest BCUT2D eigenvalue weighted by Crippen LogP contribution is 2.23. The average molecular weight is 376 g/mol. The summed E-state index contributed by atoms with van der Waals surface area (Å²) in [7, 11) is 3.14. The smallest absolute Gasteiger partial charge is 0.332 e. The summed E-state index contributed by atoms with van der Waals surface area (Å²) in [6.07, 6.45) is 0.833. The van der Waals surface area contributed by atoms with Gasteiger partial charge in [0.05, 0.1) is 17.1 Å². The largest absolute Gasteiger partial charge is 0.365 e. The molecule has 1 saturated heterocycles. The summed E-state index contributed by atoms with van der Waals surface area (Å²) in [5, 5.41) is 13.7. The molecule has 0 amide bonds. The highest BCUT2D eigenvalue weighted by Gasteiger charge is 2.25. The zero-order valence-electron chi connectivity index (χ0n) is 15.7. The van der Waals surface area contributed by atoms with Gasteiger partial charge in [0, 0.05) is 44.7 Å². The van der Waals surface area contributed by atoms with E-state index < -0.39 is 0 Å². The molecule has 3 heterocycles. The Morgan fingerprint density at radius 2 is 1.96 bits per heavy atom. The minimum absolute atomic E-state index is 0.0966. The average Bonchev–Trinajstić information content (AvgIpc) is 3.16. The van der Waals surface area contributed by atoms with Gasteiger partial charge in [0.1, 0.15) is 11.6 Å². The molecule has 142 valence electrons. The van der Waals surface area contributed by atoms with Gasteiger partial charge in [0.25, 0.3) is 5.56 Å². The normalized spacial score (nSPS) is 16.3. The van der Waals surface area contributed by atoms with Crippen molar-refractivity contribution in [1.29, 1.82) is 5.26 Å². The predicted octanol–water partition coefficient (Wildman–Crippen LogP) is 1.19. The van der Waals surface area contributed by atoms with Gasteiger partial charge in [-0.3, -0.25) is 13.9 Å². The van der Waals surface area contributed by atoms with Crippen molar-refractivity contribution >= 4 is 22.5 Å². The Kier molecular flexibility index (Phi) is 4.35. The Bertz CT molecular complexity index is 1220. The van der Waals surface area contributed by atoms with Gasteiger partial charge < -0.3 is 10.2 Å². The van der Waals surface area contributed by atoms with E-state index >= 15 is 0 Å². The number of pyridine rings is 1. The highest BCUT2D eigenvalue weighted by atomic mass is 16.2. The molecule has 0 radical (unpaired) electrons. The number of nitrogens with one attached hydrogen (secondary N) is 1. The van der Waals surface area contributed by atoms with E-state index in [0.29, 0.717) is 23.7 Å². The Morgan fingerprint density at radius 3 is 2.75 bits per heavy atom. The fourth-order valence-electron chi connectivity index (χ4n) is 3.66. The second-order valence-corrected chi connectivity index (χ2v) is 7.00. The van der Waals surface area contributed by atoms with Crippen LogP contribution in [-0.4, -0.2) is 33.2 Å². The van der Waals surface area contributed by atoms with Crippen LogP contribution in [0.5, 0.6) is 0 Å². The first-order valence-corrected chi connectivity index (χ1v) is 9.06. The minimum atomic E-state index is -0.339. The number of aromatic nitrogens is 3. The molecular weight excluding hydrogens is 356 g/mol. The van der Waals surface area contributed by atoms with Crippen LogP contribution in [0.2, 0.25) is 0 Å². The van der Waals surface area contributed by atoms with Gasteiger partial charge in [-0.2, -0.15) is 5.26 Å². The molecule has 0 unspecified atom stereocenters. The van der Waals surface area contributed by atoms with Crippen LogP contribution in [0.3, 0.4) is 0 Å². The molecule has 4 rings (SSSR count). The zero-order chi connectivity index (χ0) is 19.8. The molecule has 0 saturated carbocycles. The van der Waals surface area contributed by atoms with Crippen LogP contribution >= 0.6 is 0 Å². The summed E-state index contributed by atoms with van der Waals surface area (Å²) in [6, 6.07) is 13.1. The van der Waals surface area contributed by atoms with Crippen LogP contribution < -0.4 is 21.5 Å². The van der Waals surface area contributed by atoms with Gasteiger partial charge in [0.2, 0.25) is 0 Å². The Balaban J connectivity index is 1.58. The van der Waals surface area contributed by atoms with Gasteiger partial charge in [0.15, 0.2) is 0 Å². The van der Waals surface area contributed by atoms with Gasteiger partial charge >= 0.3 is 5.69 Å². The van der Waals surface area contributed by atoms with Gasteiger partial charge in [-0.1, -0.05) is 18.2 Å². The molecule has 8 heteroatoms. The van der Waals surface area contributed by atoms with Crippen LogP contribution in [-0.2, 0) is 14.1 Å². The molecule has 2 aromatic heterocycles. The van der Waals surface area contributed by atoms with E-state index in [-0.39, 0.29) is 17.3 Å². The number of hydrogen-bond acceptors (Lipinski definition) is 6. The fourth-order valence-corrected chi connectivity index (χ4v) is 3.66. The van der Waals surface area contributed by atoms with Crippen molar-refractivity contribution in [2.75, 3.05) is 23.3 Å². The number of fused-ring (bicyclic) bond motifs is 1. The summed E-state index contributed by atoms with van der Waals surface area (Å²) in [5.74, 6) is 1.27. The third-order valence-corrected chi connectivity index (χ3v) is 5.20. The lowest BCUT2D eigenvalue weighted by Gasteiger charge is -2.22. The molecule has 0 spiro atoms. The second kappa shape index (κ2) is 6.85. The number of hydrogen-bond donors (Lipinski definition) is 1. The Hall–Kier alpha value is -3.60. The quantitative estimate of drug-likeness (QED) is 0.738. The van der Waals surface area contributed by atoms with E-state index in [9.17, 15) is 14.9 Å². The summed E-state index contributed by atoms with van der Waals surface area (Å²) in [6.45, 7) is 1.35. The second-order valence-electron chi connectivity index (χ2n) is 7.00. The monoisotopic (exact) mass is 376 g/mol. The summed E-state index contributed by atoms with van der Waals surface area (Å²) in [4.78, 5) is 30.8. The van der Waals surface area contributed by atoms with E-state index in [0.717, 1.165) is 28.4 Å². The zero-order valence-corrected chi connectivity index (χ0v) is 15.7. The fraction of sp³-hybridized carbons (Fsp3) is 0.300. The number of nitriles is 1. The standard InChI is InChI=1S/C20H20N6O2/c1-24-18(10-19(27)25(2)20(24)28)26-8-7-14(12-26)22-17-9-13(11-21)15-5-3-4-6-16(15)23-17/h3-6,9-10,14H,7-8,12H2,1-2H3,(H,22,23)/t14-/m1/s1. The van der Waals surface area contributed by atoms with Gasteiger partial charge in [-0.25, -0.2) is 9.78 Å². The molecule has 1 aliphatic heterocycles. The molecule has 1 aromatic carbocycles. The van der Waals surface area contributed by atoms with Crippen molar-refractivity contribution in [3.63, 3.8) is 0 Å². The van der Waals surface area contributed by atoms with Crippen molar-refractivity contribution in [3.8, 4) is 6.07 Å². The summed E-state index contributed by atoms with van der Waals surface area (Å²) >= 11 is 0. The molecule has 1 fully saturated rings. The third kappa shape index (κ3) is 3.01. The van der Waals surface area contributed by atoms with Crippen molar-refractivity contribution in [2.45, 2.75) is 12.5 Å². The van der Waals surface area contributed by atoms with Crippen molar-refractivity contribution < 1.29 is 0 Å². The first-order chi connectivity index (χ1) is 13.5. The summed E-state index contributed by atoms with van der Waals surface area (Å²) in [5.41, 5.74) is 0.697. The molecule has 0 aliphatic carbocycles. The van der Waals surface area contributed by atoms with Crippen LogP contribution in [0.15, 0.2) is 46.0 Å². The number of nitrogens with zero attached hydrogens (tertiary/aromatic N) is 5. The Labute approximate surface area is 161 Å². The number of rotatable bonds is 3. The van der Waals surface area contributed by atoms with E-state index in [4.69, 9.17) is 0 Å². The maximum atomic E-state index is 12.2. The third-order valence-electron chi connectivity index (χ3n) is 5.20. The predicted molar refractivity (Wildman–Crippen MR) is 108 cm³/mol. The molecule has 0 bridgehead atoms. The van der Waals surface area contributed by atoms with Crippen LogP contribution in [0.1, 0.15) is 12.0 Å². The van der Waals surface area contributed by atoms with Crippen LogP contribution in [0.25, 0.3) is 10.9 Å². The molecule has 1 aliphatic rings. The topological polar surface area (TPSA) is 95.9 Å². The molecule has 8 nitrogen and oxygen atoms in total. The molecule has 1 N–H and O–H groups in total. The number of para-hydroxylation sites is 1. The first kappa shape index (κ1) is 17.8. The molecular formula is C20H20N6O2. The lowest BCUT2D eigenvalue weighted by molar-refractivity contribution is 0.672. The maximum Gasteiger partial charge on any atom is 0.332 e. The highest BCUT2D eigenvalue weighted by molar-refractivity contribution is 5.86. The van der Waals surface area contributed by atoms with Crippen LogP contribution in [0.4, 0.5) is 11.6 Å². The number of anilines is 2. The van der Waals surface area contributed by atoms with Gasteiger partial charge in [-0.15, -0.1) is 0 Å².